The predicted octanol–water partition coefficient (Wildman–Crippen LogP) is 3.98. The Kier molecular flexibility index (Phi) is 40.0. The molecule has 0 aliphatic rings. The molecule has 1 nitrogen and oxygen atoms in total. The Balaban J connectivity index is -0.000000167. The smallest absolute Gasteiger partial charge is 0.358 e. The Morgan fingerprint density at radius 1 is 0.714 bits per heavy atom. The van der Waals surface area contributed by atoms with Gasteiger partial charge >= 0.3 is 17.1 Å². The summed E-state index contributed by atoms with van der Waals surface area (Å²) in [6, 6.07) is 0. The van der Waals surface area contributed by atoms with E-state index < -0.39 is 0 Å². The Morgan fingerprint density at radius 3 is 1.43 bits per heavy atom. The van der Waals surface area contributed by atoms with Crippen LogP contribution < -0.4 is 5.73 Å². The van der Waals surface area contributed by atoms with Crippen LogP contribution >= 0.6 is 0 Å². The number of hydrogen-bond donors (Lipinski definition) is 1. The Bertz CT molecular complexity index is 59.3. The van der Waals surface area contributed by atoms with E-state index in [4.69, 9.17) is 5.73 Å². The molecule has 1 radical (unpaired) electrons. The van der Waals surface area contributed by atoms with Crippen LogP contribution in [0.5, 0.6) is 0 Å². The maximum atomic E-state index is 5.39. The standard InChI is InChI=1S/C10H23N.2CH3.Cu/c1-2-3-4-5-6-7-8-9-10-11;;;/h2-11H2,1H3;2*1H3;/q;2*-1;+2. The van der Waals surface area contributed by atoms with Crippen molar-refractivity contribution in [2.24, 2.45) is 5.73 Å². The first-order chi connectivity index (χ1) is 5.41. The van der Waals surface area contributed by atoms with Crippen molar-refractivity contribution in [3.8, 4) is 0 Å². The number of hydrogen-bond acceptors (Lipinski definition) is 1. The summed E-state index contributed by atoms with van der Waals surface area (Å²) in [5, 5.41) is 0. The number of rotatable bonds is 8. The van der Waals surface area contributed by atoms with Crippen LogP contribution in [0.25, 0.3) is 0 Å². The van der Waals surface area contributed by atoms with E-state index in [0.717, 1.165) is 6.54 Å². The van der Waals surface area contributed by atoms with Crippen molar-refractivity contribution < 1.29 is 17.1 Å². The molecule has 0 aromatic carbocycles. The molecule has 0 saturated carbocycles. The van der Waals surface area contributed by atoms with Crippen LogP contribution in [0.1, 0.15) is 58.3 Å². The molecule has 0 aliphatic heterocycles. The van der Waals surface area contributed by atoms with Crippen molar-refractivity contribution in [2.45, 2.75) is 58.3 Å². The summed E-state index contributed by atoms with van der Waals surface area (Å²) in [7, 11) is 0. The summed E-state index contributed by atoms with van der Waals surface area (Å²) in [5.41, 5.74) is 5.39. The molecule has 2 heteroatoms. The fraction of sp³-hybridized carbons (Fsp3) is 0.833. The fourth-order valence-corrected chi connectivity index (χ4v) is 1.28. The van der Waals surface area contributed by atoms with Crippen molar-refractivity contribution in [3.05, 3.63) is 14.9 Å². The largest absolute Gasteiger partial charge is 2.00 e. The first kappa shape index (κ1) is 24.0. The van der Waals surface area contributed by atoms with E-state index in [1.807, 2.05) is 0 Å². The van der Waals surface area contributed by atoms with Gasteiger partial charge in [-0.25, -0.2) is 0 Å². The molecule has 0 rings (SSSR count). The van der Waals surface area contributed by atoms with Gasteiger partial charge in [-0.1, -0.05) is 51.9 Å². The zero-order valence-electron chi connectivity index (χ0n) is 10.2. The van der Waals surface area contributed by atoms with Crippen LogP contribution in [0.4, 0.5) is 0 Å². The summed E-state index contributed by atoms with van der Waals surface area (Å²) in [6.45, 7) is 3.13. The van der Waals surface area contributed by atoms with Crippen molar-refractivity contribution in [3.63, 3.8) is 0 Å². The number of nitrogens with two attached hydrogens (primary N) is 1. The average Bonchev–Trinajstić information content (AvgIpc) is 2.03. The van der Waals surface area contributed by atoms with Gasteiger partial charge in [-0.3, -0.25) is 0 Å². The van der Waals surface area contributed by atoms with Crippen molar-refractivity contribution in [1.29, 1.82) is 0 Å². The van der Waals surface area contributed by atoms with Crippen LogP contribution in [0.15, 0.2) is 0 Å². The van der Waals surface area contributed by atoms with Crippen LogP contribution in [0.2, 0.25) is 0 Å². The first-order valence-corrected chi connectivity index (χ1v) is 5.12. The molecular weight excluding hydrogens is 222 g/mol. The molecule has 2 N–H and O–H groups in total. The van der Waals surface area contributed by atoms with E-state index in [1.54, 1.807) is 0 Å². The second-order valence-electron chi connectivity index (χ2n) is 3.26. The minimum absolute atomic E-state index is 0. The van der Waals surface area contributed by atoms with E-state index in [1.165, 1.54) is 51.4 Å². The van der Waals surface area contributed by atoms with E-state index in [-0.39, 0.29) is 31.9 Å². The van der Waals surface area contributed by atoms with Crippen LogP contribution in [-0.4, -0.2) is 6.54 Å². The van der Waals surface area contributed by atoms with Gasteiger partial charge in [0.1, 0.15) is 0 Å². The van der Waals surface area contributed by atoms with Crippen LogP contribution in [-0.2, 0) is 17.1 Å². The van der Waals surface area contributed by atoms with Gasteiger partial charge in [0.25, 0.3) is 0 Å². The summed E-state index contributed by atoms with van der Waals surface area (Å²) in [6.07, 6.45) is 11.0. The van der Waals surface area contributed by atoms with Gasteiger partial charge in [-0.2, -0.15) is 0 Å². The third-order valence-electron chi connectivity index (χ3n) is 2.06. The van der Waals surface area contributed by atoms with E-state index in [9.17, 15) is 0 Å². The van der Waals surface area contributed by atoms with Gasteiger partial charge in [0, 0.05) is 0 Å². The zero-order valence-corrected chi connectivity index (χ0v) is 11.2. The molecule has 0 spiro atoms. The van der Waals surface area contributed by atoms with Crippen LogP contribution in [0.3, 0.4) is 0 Å². The Morgan fingerprint density at radius 2 is 1.07 bits per heavy atom. The quantitative estimate of drug-likeness (QED) is 0.394. The summed E-state index contributed by atoms with van der Waals surface area (Å²) < 4.78 is 0. The zero-order chi connectivity index (χ0) is 8.36. The molecule has 0 unspecified atom stereocenters. The fourth-order valence-electron chi connectivity index (χ4n) is 1.28. The third kappa shape index (κ3) is 22.9. The molecule has 0 saturated heterocycles. The van der Waals surface area contributed by atoms with Gasteiger partial charge in [0.05, 0.1) is 0 Å². The van der Waals surface area contributed by atoms with E-state index in [2.05, 4.69) is 6.92 Å². The molecule has 0 aliphatic carbocycles. The van der Waals surface area contributed by atoms with Crippen molar-refractivity contribution in [1.82, 2.24) is 0 Å². The molecular formula is C12H29CuN. The van der Waals surface area contributed by atoms with Gasteiger partial charge in [0.2, 0.25) is 0 Å². The molecule has 0 amide bonds. The first-order valence-electron chi connectivity index (χ1n) is 5.12. The molecule has 0 aromatic heterocycles. The third-order valence-corrected chi connectivity index (χ3v) is 2.06. The molecule has 0 bridgehead atoms. The summed E-state index contributed by atoms with van der Waals surface area (Å²) in [5.74, 6) is 0. The molecule has 0 atom stereocenters. The van der Waals surface area contributed by atoms with Crippen molar-refractivity contribution in [2.75, 3.05) is 6.54 Å². The van der Waals surface area contributed by atoms with Crippen LogP contribution in [0, 0.1) is 14.9 Å². The SMILES string of the molecule is CCCCCCCCCCN.[CH3-].[CH3-].[Cu+2]. The Hall–Kier alpha value is 0.479. The summed E-state index contributed by atoms with van der Waals surface area (Å²) in [4.78, 5) is 0. The van der Waals surface area contributed by atoms with Gasteiger partial charge in [0.15, 0.2) is 0 Å². The predicted molar refractivity (Wildman–Crippen MR) is 64.5 cm³/mol. The van der Waals surface area contributed by atoms with E-state index in [0.29, 0.717) is 0 Å². The summed E-state index contributed by atoms with van der Waals surface area (Å²) >= 11 is 0. The maximum Gasteiger partial charge on any atom is 2.00 e. The van der Waals surface area contributed by atoms with Crippen molar-refractivity contribution >= 4 is 0 Å². The molecule has 0 heterocycles. The normalized spacial score (nSPS) is 8.14. The topological polar surface area (TPSA) is 26.0 Å². The Labute approximate surface area is 103 Å². The monoisotopic (exact) mass is 250 g/mol. The number of unbranched alkanes of at least 4 members (excludes halogenated alkanes) is 7. The molecule has 14 heavy (non-hydrogen) atoms. The maximum absolute atomic E-state index is 5.39. The van der Waals surface area contributed by atoms with E-state index >= 15 is 0 Å². The minimum atomic E-state index is 0. The average molecular weight is 251 g/mol. The molecule has 0 aromatic rings. The second-order valence-corrected chi connectivity index (χ2v) is 3.26. The second kappa shape index (κ2) is 23.4. The van der Waals surface area contributed by atoms with Gasteiger partial charge in [-0.15, -0.1) is 0 Å². The van der Waals surface area contributed by atoms with Gasteiger partial charge < -0.3 is 20.6 Å². The molecule has 0 fully saturated rings. The minimum Gasteiger partial charge on any atom is -0.358 e. The van der Waals surface area contributed by atoms with Gasteiger partial charge in [-0.05, 0) is 13.0 Å². The molecule has 93 valence electrons.